The molecule has 0 spiro atoms. The fourth-order valence-electron chi connectivity index (χ4n) is 2.44. The molecule has 21 heavy (non-hydrogen) atoms. The zero-order valence-corrected chi connectivity index (χ0v) is 11.7. The van der Waals surface area contributed by atoms with Crippen molar-refractivity contribution < 1.29 is 14.0 Å². The topological polar surface area (TPSA) is 92.7 Å². The van der Waals surface area contributed by atoms with Gasteiger partial charge in [0, 0.05) is 31.9 Å². The summed E-state index contributed by atoms with van der Waals surface area (Å²) in [6.45, 7) is 2.45. The SMILES string of the molecule is NC(=O)CN1CCCN(C(=O)c2cc(F)ccc2N)CC1. The third-order valence-corrected chi connectivity index (χ3v) is 3.50. The molecule has 2 rings (SSSR count). The number of halogens is 1. The third kappa shape index (κ3) is 3.91. The highest BCUT2D eigenvalue weighted by atomic mass is 19.1. The monoisotopic (exact) mass is 294 g/mol. The summed E-state index contributed by atoms with van der Waals surface area (Å²) < 4.78 is 13.3. The van der Waals surface area contributed by atoms with Crippen LogP contribution in [0.1, 0.15) is 16.8 Å². The molecule has 1 aliphatic heterocycles. The Kier molecular flexibility index (Phi) is 4.74. The van der Waals surface area contributed by atoms with Crippen molar-refractivity contribution >= 4 is 17.5 Å². The maximum Gasteiger partial charge on any atom is 0.256 e. The van der Waals surface area contributed by atoms with E-state index in [0.717, 1.165) is 12.5 Å². The molecule has 1 fully saturated rings. The second-order valence-corrected chi connectivity index (χ2v) is 5.12. The lowest BCUT2D eigenvalue weighted by atomic mass is 10.1. The van der Waals surface area contributed by atoms with E-state index in [1.807, 2.05) is 4.90 Å². The van der Waals surface area contributed by atoms with Gasteiger partial charge in [-0.15, -0.1) is 0 Å². The number of carbonyl (C=O) groups excluding carboxylic acids is 2. The van der Waals surface area contributed by atoms with E-state index >= 15 is 0 Å². The van der Waals surface area contributed by atoms with Crippen molar-refractivity contribution in [3.05, 3.63) is 29.6 Å². The maximum atomic E-state index is 13.3. The van der Waals surface area contributed by atoms with E-state index in [1.165, 1.54) is 12.1 Å². The molecule has 1 aromatic carbocycles. The van der Waals surface area contributed by atoms with Crippen LogP contribution >= 0.6 is 0 Å². The number of rotatable bonds is 3. The Hall–Kier alpha value is -2.15. The summed E-state index contributed by atoms with van der Waals surface area (Å²) in [5.74, 6) is -1.16. The lowest BCUT2D eigenvalue weighted by molar-refractivity contribution is -0.119. The van der Waals surface area contributed by atoms with Gasteiger partial charge >= 0.3 is 0 Å². The summed E-state index contributed by atoms with van der Waals surface area (Å²) >= 11 is 0. The molecule has 0 radical (unpaired) electrons. The lowest BCUT2D eigenvalue weighted by Crippen LogP contribution is -2.38. The number of benzene rings is 1. The molecule has 0 atom stereocenters. The van der Waals surface area contributed by atoms with Crippen molar-refractivity contribution in [2.75, 3.05) is 38.5 Å². The number of hydrogen-bond donors (Lipinski definition) is 2. The number of nitrogens with zero attached hydrogens (tertiary/aromatic N) is 2. The van der Waals surface area contributed by atoms with Gasteiger partial charge in [-0.3, -0.25) is 14.5 Å². The average Bonchev–Trinajstić information content (AvgIpc) is 2.66. The van der Waals surface area contributed by atoms with Crippen LogP contribution in [0.15, 0.2) is 18.2 Å². The van der Waals surface area contributed by atoms with Gasteiger partial charge in [-0.05, 0) is 24.6 Å². The number of carbonyl (C=O) groups is 2. The first-order chi connectivity index (χ1) is 9.97. The highest BCUT2D eigenvalue weighted by Crippen LogP contribution is 2.17. The van der Waals surface area contributed by atoms with Gasteiger partial charge in [0.05, 0.1) is 12.1 Å². The fraction of sp³-hybridized carbons (Fsp3) is 0.429. The Morgan fingerprint density at radius 1 is 1.19 bits per heavy atom. The Labute approximate surface area is 122 Å². The molecule has 0 unspecified atom stereocenters. The first-order valence-electron chi connectivity index (χ1n) is 6.82. The van der Waals surface area contributed by atoms with E-state index in [9.17, 15) is 14.0 Å². The summed E-state index contributed by atoms with van der Waals surface area (Å²) in [5.41, 5.74) is 11.4. The van der Waals surface area contributed by atoms with Gasteiger partial charge < -0.3 is 16.4 Å². The average molecular weight is 294 g/mol. The molecule has 2 amide bonds. The number of anilines is 1. The molecule has 1 aliphatic rings. The predicted molar refractivity (Wildman–Crippen MR) is 77.0 cm³/mol. The summed E-state index contributed by atoms with van der Waals surface area (Å²) in [6, 6.07) is 3.77. The van der Waals surface area contributed by atoms with Gasteiger partial charge in [0.25, 0.3) is 5.91 Å². The van der Waals surface area contributed by atoms with E-state index in [0.29, 0.717) is 26.2 Å². The van der Waals surface area contributed by atoms with E-state index in [4.69, 9.17) is 11.5 Å². The predicted octanol–water partition coefficient (Wildman–Crippen LogP) is 0.0411. The standard InChI is InChI=1S/C14H19FN4O2/c15-10-2-3-12(16)11(8-10)14(21)19-5-1-4-18(6-7-19)9-13(17)20/h2-3,8H,1,4-7,9,16H2,(H2,17,20). The second-order valence-electron chi connectivity index (χ2n) is 5.12. The Morgan fingerprint density at radius 2 is 1.95 bits per heavy atom. The zero-order chi connectivity index (χ0) is 15.4. The van der Waals surface area contributed by atoms with Crippen LogP contribution in [0, 0.1) is 5.82 Å². The van der Waals surface area contributed by atoms with Crippen molar-refractivity contribution in [3.8, 4) is 0 Å². The molecule has 1 saturated heterocycles. The zero-order valence-electron chi connectivity index (χ0n) is 11.7. The van der Waals surface area contributed by atoms with Gasteiger partial charge in [-0.25, -0.2) is 4.39 Å². The van der Waals surface area contributed by atoms with Crippen molar-refractivity contribution in [1.29, 1.82) is 0 Å². The van der Waals surface area contributed by atoms with Crippen LogP contribution in [-0.2, 0) is 4.79 Å². The van der Waals surface area contributed by atoms with E-state index in [1.54, 1.807) is 4.90 Å². The Bertz CT molecular complexity index is 550. The molecule has 0 bridgehead atoms. The minimum absolute atomic E-state index is 0.179. The maximum absolute atomic E-state index is 13.3. The molecule has 1 aromatic rings. The van der Waals surface area contributed by atoms with Crippen LogP contribution in [0.4, 0.5) is 10.1 Å². The molecule has 0 saturated carbocycles. The highest BCUT2D eigenvalue weighted by Gasteiger charge is 2.22. The minimum atomic E-state index is -0.488. The van der Waals surface area contributed by atoms with Gasteiger partial charge in [0.15, 0.2) is 0 Å². The van der Waals surface area contributed by atoms with E-state index in [2.05, 4.69) is 0 Å². The third-order valence-electron chi connectivity index (χ3n) is 3.50. The molecule has 1 heterocycles. The van der Waals surface area contributed by atoms with Gasteiger partial charge in [-0.1, -0.05) is 0 Å². The first kappa shape index (κ1) is 15.2. The second kappa shape index (κ2) is 6.53. The van der Waals surface area contributed by atoms with Crippen molar-refractivity contribution in [3.63, 3.8) is 0 Å². The molecule has 6 nitrogen and oxygen atoms in total. The molecule has 7 heteroatoms. The van der Waals surface area contributed by atoms with Crippen LogP contribution in [-0.4, -0.2) is 54.3 Å². The molecular formula is C14H19FN4O2. The lowest BCUT2D eigenvalue weighted by Gasteiger charge is -2.22. The van der Waals surface area contributed by atoms with Crippen molar-refractivity contribution in [1.82, 2.24) is 9.80 Å². The summed E-state index contributed by atoms with van der Waals surface area (Å²) in [4.78, 5) is 26.9. The number of hydrogen-bond acceptors (Lipinski definition) is 4. The van der Waals surface area contributed by atoms with Crippen LogP contribution < -0.4 is 11.5 Å². The normalized spacial score (nSPS) is 16.5. The summed E-state index contributed by atoms with van der Waals surface area (Å²) in [6.07, 6.45) is 0.730. The van der Waals surface area contributed by atoms with E-state index in [-0.39, 0.29) is 29.6 Å². The number of amides is 2. The van der Waals surface area contributed by atoms with E-state index < -0.39 is 5.82 Å². The van der Waals surface area contributed by atoms with Crippen LogP contribution in [0.5, 0.6) is 0 Å². The molecular weight excluding hydrogens is 275 g/mol. The smallest absolute Gasteiger partial charge is 0.256 e. The number of nitrogens with two attached hydrogens (primary N) is 2. The molecule has 0 aliphatic carbocycles. The number of nitrogen functional groups attached to an aromatic ring is 1. The van der Waals surface area contributed by atoms with Gasteiger partial charge in [0.2, 0.25) is 5.91 Å². The highest BCUT2D eigenvalue weighted by molar-refractivity contribution is 5.99. The summed E-state index contributed by atoms with van der Waals surface area (Å²) in [5, 5.41) is 0. The molecule has 0 aromatic heterocycles. The van der Waals surface area contributed by atoms with Crippen LogP contribution in [0.25, 0.3) is 0 Å². The molecule has 114 valence electrons. The largest absolute Gasteiger partial charge is 0.398 e. The molecule has 4 N–H and O–H groups in total. The van der Waals surface area contributed by atoms with Crippen molar-refractivity contribution in [2.24, 2.45) is 5.73 Å². The first-order valence-corrected chi connectivity index (χ1v) is 6.82. The number of primary amides is 1. The quantitative estimate of drug-likeness (QED) is 0.770. The minimum Gasteiger partial charge on any atom is -0.398 e. The fourth-order valence-corrected chi connectivity index (χ4v) is 2.44. The van der Waals surface area contributed by atoms with Crippen LogP contribution in [0.3, 0.4) is 0 Å². The Balaban J connectivity index is 2.06. The van der Waals surface area contributed by atoms with Crippen LogP contribution in [0.2, 0.25) is 0 Å². The summed E-state index contributed by atoms with van der Waals surface area (Å²) in [7, 11) is 0. The Morgan fingerprint density at radius 3 is 2.67 bits per heavy atom. The van der Waals surface area contributed by atoms with Crippen molar-refractivity contribution in [2.45, 2.75) is 6.42 Å². The van der Waals surface area contributed by atoms with Gasteiger partial charge in [-0.2, -0.15) is 0 Å². The van der Waals surface area contributed by atoms with Gasteiger partial charge in [0.1, 0.15) is 5.82 Å².